The van der Waals surface area contributed by atoms with E-state index in [1.807, 2.05) is 49.5 Å². The molecule has 3 rings (SSSR count). The van der Waals surface area contributed by atoms with Gasteiger partial charge in [-0.15, -0.1) is 0 Å². The van der Waals surface area contributed by atoms with E-state index in [9.17, 15) is 4.79 Å². The first kappa shape index (κ1) is 16.8. The second-order valence-electron chi connectivity index (χ2n) is 7.95. The van der Waals surface area contributed by atoms with Crippen LogP contribution in [0.15, 0.2) is 47.3 Å². The van der Waals surface area contributed by atoms with E-state index in [0.29, 0.717) is 5.39 Å². The Kier molecular flexibility index (Phi) is 3.83. The van der Waals surface area contributed by atoms with Gasteiger partial charge in [0, 0.05) is 17.8 Å². The summed E-state index contributed by atoms with van der Waals surface area (Å²) in [4.78, 5) is 12.9. The van der Waals surface area contributed by atoms with Crippen LogP contribution in [0.25, 0.3) is 21.8 Å². The average molecular weight is 340 g/mol. The first-order chi connectivity index (χ1) is 11.1. The van der Waals surface area contributed by atoms with Crippen molar-refractivity contribution < 1.29 is 4.43 Å². The number of aryl methyl sites for hydroxylation is 1. The van der Waals surface area contributed by atoms with Gasteiger partial charge in [-0.2, -0.15) is 0 Å². The third-order valence-corrected chi connectivity index (χ3v) is 9.62. The van der Waals surface area contributed by atoms with Crippen LogP contribution in [-0.4, -0.2) is 12.9 Å². The molecule has 0 atom stereocenters. The molecule has 0 saturated heterocycles. The summed E-state index contributed by atoms with van der Waals surface area (Å²) >= 11 is 0. The third kappa shape index (κ3) is 2.65. The predicted octanol–water partition coefficient (Wildman–Crippen LogP) is 5.08. The number of rotatable bonds is 2. The van der Waals surface area contributed by atoms with Crippen LogP contribution in [0.3, 0.4) is 0 Å². The lowest BCUT2D eigenvalue weighted by molar-refractivity contribution is 0.493. The molecular weight excluding hydrogens is 314 g/mol. The van der Waals surface area contributed by atoms with Gasteiger partial charge < -0.3 is 8.99 Å². The number of benzene rings is 2. The van der Waals surface area contributed by atoms with Gasteiger partial charge in [-0.1, -0.05) is 32.9 Å². The van der Waals surface area contributed by atoms with Gasteiger partial charge in [0.25, 0.3) is 0 Å². The molecule has 126 valence electrons. The van der Waals surface area contributed by atoms with Crippen LogP contribution in [0.4, 0.5) is 0 Å². The summed E-state index contributed by atoms with van der Waals surface area (Å²) in [5.41, 5.74) is 1.95. The molecule has 0 aliphatic carbocycles. The van der Waals surface area contributed by atoms with Crippen molar-refractivity contribution in [3.05, 3.63) is 52.7 Å². The molecule has 4 heteroatoms. The highest BCUT2D eigenvalue weighted by molar-refractivity contribution is 6.74. The quantitative estimate of drug-likeness (QED) is 0.482. The van der Waals surface area contributed by atoms with Crippen LogP contribution in [0.1, 0.15) is 20.8 Å². The Hall–Kier alpha value is -2.07. The smallest absolute Gasteiger partial charge is 0.250 e. The standard InChI is InChI=1S/C20H25NO2Si/c1-20(2,3)24(5,6)23-14-11-12-18-16(13-14)19(22)15-9-7-8-10-17(15)21(18)4/h7-13H,1-6H3. The van der Waals surface area contributed by atoms with Crippen molar-refractivity contribution in [1.29, 1.82) is 0 Å². The number of pyridine rings is 1. The Bertz CT molecular complexity index is 980. The summed E-state index contributed by atoms with van der Waals surface area (Å²) in [6.45, 7) is 11.1. The first-order valence-electron chi connectivity index (χ1n) is 8.32. The van der Waals surface area contributed by atoms with Crippen molar-refractivity contribution in [2.24, 2.45) is 7.05 Å². The summed E-state index contributed by atoms with van der Waals surface area (Å²) in [5.74, 6) is 0.793. The number of hydrogen-bond acceptors (Lipinski definition) is 2. The number of para-hydroxylation sites is 1. The van der Waals surface area contributed by atoms with Gasteiger partial charge in [-0.25, -0.2) is 0 Å². The topological polar surface area (TPSA) is 31.2 Å². The highest BCUT2D eigenvalue weighted by atomic mass is 28.4. The fraction of sp³-hybridized carbons (Fsp3) is 0.350. The highest BCUT2D eigenvalue weighted by Gasteiger charge is 2.39. The number of aromatic nitrogens is 1. The lowest BCUT2D eigenvalue weighted by atomic mass is 10.1. The van der Waals surface area contributed by atoms with E-state index in [2.05, 4.69) is 38.4 Å². The fourth-order valence-corrected chi connectivity index (χ4v) is 3.76. The van der Waals surface area contributed by atoms with Crippen LogP contribution < -0.4 is 9.85 Å². The largest absolute Gasteiger partial charge is 0.543 e. The molecule has 0 fully saturated rings. The third-order valence-electron chi connectivity index (χ3n) is 5.26. The van der Waals surface area contributed by atoms with E-state index in [4.69, 9.17) is 4.43 Å². The summed E-state index contributed by atoms with van der Waals surface area (Å²) in [7, 11) is 0.0719. The minimum Gasteiger partial charge on any atom is -0.543 e. The highest BCUT2D eigenvalue weighted by Crippen LogP contribution is 2.37. The van der Waals surface area contributed by atoms with Gasteiger partial charge in [0.2, 0.25) is 8.32 Å². The first-order valence-corrected chi connectivity index (χ1v) is 11.2. The second kappa shape index (κ2) is 5.48. The SMILES string of the molecule is Cn1c2ccccc2c(=O)c2cc(O[Si](C)(C)C(C)(C)C)ccc21. The van der Waals surface area contributed by atoms with Crippen molar-refractivity contribution in [2.75, 3.05) is 0 Å². The maximum Gasteiger partial charge on any atom is 0.250 e. The molecule has 2 aromatic carbocycles. The second-order valence-corrected chi connectivity index (χ2v) is 12.7. The number of hydrogen-bond donors (Lipinski definition) is 0. The fourth-order valence-electron chi connectivity index (χ4n) is 2.73. The van der Waals surface area contributed by atoms with E-state index < -0.39 is 8.32 Å². The summed E-state index contributed by atoms with van der Waals surface area (Å²) in [5, 5.41) is 1.58. The van der Waals surface area contributed by atoms with Gasteiger partial charge in [-0.3, -0.25) is 4.79 Å². The average Bonchev–Trinajstić information content (AvgIpc) is 2.51. The molecule has 0 aliphatic heterocycles. The molecule has 0 aliphatic rings. The normalized spacial score (nSPS) is 12.8. The van der Waals surface area contributed by atoms with Gasteiger partial charge >= 0.3 is 0 Å². The van der Waals surface area contributed by atoms with Gasteiger partial charge in [-0.05, 0) is 48.5 Å². The molecule has 0 spiro atoms. The van der Waals surface area contributed by atoms with E-state index in [-0.39, 0.29) is 10.5 Å². The zero-order valence-corrected chi connectivity index (χ0v) is 16.3. The van der Waals surface area contributed by atoms with Gasteiger partial charge in [0.1, 0.15) is 5.75 Å². The Morgan fingerprint density at radius 1 is 0.958 bits per heavy atom. The molecule has 0 unspecified atom stereocenters. The van der Waals surface area contributed by atoms with Crippen molar-refractivity contribution in [3.8, 4) is 5.75 Å². The van der Waals surface area contributed by atoms with Crippen molar-refractivity contribution in [2.45, 2.75) is 38.9 Å². The van der Waals surface area contributed by atoms with Crippen LogP contribution in [0.5, 0.6) is 5.75 Å². The monoisotopic (exact) mass is 339 g/mol. The van der Waals surface area contributed by atoms with E-state index in [1.165, 1.54) is 0 Å². The zero-order chi connectivity index (χ0) is 17.7. The number of nitrogens with zero attached hydrogens (tertiary/aromatic N) is 1. The Labute approximate surface area is 144 Å². The van der Waals surface area contributed by atoms with Gasteiger partial charge in [0.05, 0.1) is 11.0 Å². The molecule has 0 amide bonds. The van der Waals surface area contributed by atoms with E-state index in [1.54, 1.807) is 0 Å². The molecule has 0 bridgehead atoms. The van der Waals surface area contributed by atoms with Crippen LogP contribution in [0.2, 0.25) is 18.1 Å². The Morgan fingerprint density at radius 3 is 2.25 bits per heavy atom. The van der Waals surface area contributed by atoms with Gasteiger partial charge in [0.15, 0.2) is 5.43 Å². The number of fused-ring (bicyclic) bond motifs is 2. The summed E-state index contributed by atoms with van der Waals surface area (Å²) in [6, 6.07) is 13.6. The lowest BCUT2D eigenvalue weighted by Gasteiger charge is -2.36. The van der Waals surface area contributed by atoms with Crippen molar-refractivity contribution in [3.63, 3.8) is 0 Å². The van der Waals surface area contributed by atoms with Crippen molar-refractivity contribution in [1.82, 2.24) is 4.57 Å². The van der Waals surface area contributed by atoms with Crippen LogP contribution in [-0.2, 0) is 7.05 Å². The Morgan fingerprint density at radius 2 is 1.58 bits per heavy atom. The van der Waals surface area contributed by atoms with E-state index in [0.717, 1.165) is 22.2 Å². The summed E-state index contributed by atoms with van der Waals surface area (Å²) in [6.07, 6.45) is 0. The maximum absolute atomic E-state index is 12.9. The molecule has 0 saturated carbocycles. The molecule has 0 radical (unpaired) electrons. The molecule has 3 nitrogen and oxygen atoms in total. The van der Waals surface area contributed by atoms with Crippen LogP contribution >= 0.6 is 0 Å². The maximum atomic E-state index is 12.9. The Balaban J connectivity index is 2.21. The molecular formula is C20H25NO2Si. The summed E-state index contributed by atoms with van der Waals surface area (Å²) < 4.78 is 8.44. The zero-order valence-electron chi connectivity index (χ0n) is 15.3. The van der Waals surface area contributed by atoms with Crippen LogP contribution in [0, 0.1) is 0 Å². The minimum absolute atomic E-state index is 0.0689. The van der Waals surface area contributed by atoms with Crippen molar-refractivity contribution >= 4 is 30.1 Å². The molecule has 3 aromatic rings. The van der Waals surface area contributed by atoms with E-state index >= 15 is 0 Å². The lowest BCUT2D eigenvalue weighted by Crippen LogP contribution is -2.43. The predicted molar refractivity (Wildman–Crippen MR) is 105 cm³/mol. The minimum atomic E-state index is -1.93. The molecule has 1 aromatic heterocycles. The molecule has 1 heterocycles. The molecule has 24 heavy (non-hydrogen) atoms. The molecule has 0 N–H and O–H groups in total.